The van der Waals surface area contributed by atoms with Crippen LogP contribution in [0.15, 0.2) is 35.3 Å². The first-order valence-corrected chi connectivity index (χ1v) is 8.62. The summed E-state index contributed by atoms with van der Waals surface area (Å²) in [5.74, 6) is 0.908. The number of likely N-dealkylation sites (tertiary alicyclic amines) is 1. The van der Waals surface area contributed by atoms with Crippen LogP contribution >= 0.6 is 0 Å². The molecule has 0 amide bonds. The summed E-state index contributed by atoms with van der Waals surface area (Å²) in [7, 11) is 1.71. The van der Waals surface area contributed by atoms with E-state index in [1.807, 2.05) is 0 Å². The first-order valence-electron chi connectivity index (χ1n) is 8.62. The van der Waals surface area contributed by atoms with Gasteiger partial charge in [0.25, 0.3) is 0 Å². The van der Waals surface area contributed by atoms with Gasteiger partial charge < -0.3 is 15.4 Å². The van der Waals surface area contributed by atoms with E-state index in [-0.39, 0.29) is 0 Å². The van der Waals surface area contributed by atoms with Gasteiger partial charge in [-0.25, -0.2) is 0 Å². The predicted molar refractivity (Wildman–Crippen MR) is 95.7 cm³/mol. The Labute approximate surface area is 140 Å². The van der Waals surface area contributed by atoms with E-state index >= 15 is 0 Å². The number of guanidine groups is 1. The third-order valence-electron chi connectivity index (χ3n) is 4.09. The largest absolute Gasteiger partial charge is 0.383 e. The van der Waals surface area contributed by atoms with Gasteiger partial charge in [0.2, 0.25) is 0 Å². The van der Waals surface area contributed by atoms with Crippen molar-refractivity contribution in [3.05, 3.63) is 35.9 Å². The maximum absolute atomic E-state index is 5.06. The lowest BCUT2D eigenvalue weighted by molar-refractivity contribution is 0.198. The van der Waals surface area contributed by atoms with Crippen LogP contribution < -0.4 is 10.6 Å². The molecule has 2 rings (SSSR count). The molecule has 23 heavy (non-hydrogen) atoms. The number of hydrogen-bond donors (Lipinski definition) is 2. The number of aliphatic imine (C=N–C) groups is 1. The Bertz CT molecular complexity index is 455. The molecular formula is C18H30N4O. The quantitative estimate of drug-likeness (QED) is 0.458. The number of ether oxygens (including phenoxy) is 1. The van der Waals surface area contributed by atoms with E-state index in [4.69, 9.17) is 4.74 Å². The van der Waals surface area contributed by atoms with Crippen molar-refractivity contribution in [2.24, 2.45) is 4.99 Å². The van der Waals surface area contributed by atoms with Crippen LogP contribution in [0, 0.1) is 0 Å². The van der Waals surface area contributed by atoms with Crippen LogP contribution in [-0.2, 0) is 11.3 Å². The van der Waals surface area contributed by atoms with Gasteiger partial charge in [0.1, 0.15) is 0 Å². The van der Waals surface area contributed by atoms with Crippen LogP contribution in [0.5, 0.6) is 0 Å². The lowest BCUT2D eigenvalue weighted by Crippen LogP contribution is -2.48. The predicted octanol–water partition coefficient (Wildman–Crippen LogP) is 1.85. The van der Waals surface area contributed by atoms with E-state index in [0.717, 1.165) is 45.0 Å². The molecule has 1 fully saturated rings. The average Bonchev–Trinajstić information content (AvgIpc) is 2.58. The number of hydrogen-bond acceptors (Lipinski definition) is 3. The molecule has 0 radical (unpaired) electrons. The number of rotatable bonds is 7. The fourth-order valence-corrected chi connectivity index (χ4v) is 2.84. The molecule has 1 aliphatic rings. The van der Waals surface area contributed by atoms with E-state index < -0.39 is 0 Å². The molecule has 128 valence electrons. The summed E-state index contributed by atoms with van der Waals surface area (Å²) in [5.41, 5.74) is 1.40. The van der Waals surface area contributed by atoms with Crippen molar-refractivity contribution in [2.75, 3.05) is 39.9 Å². The molecule has 0 unspecified atom stereocenters. The molecule has 0 aliphatic carbocycles. The number of methoxy groups -OCH3 is 1. The van der Waals surface area contributed by atoms with Crippen LogP contribution in [0.3, 0.4) is 0 Å². The first kappa shape index (κ1) is 17.8. The third-order valence-corrected chi connectivity index (χ3v) is 4.09. The van der Waals surface area contributed by atoms with Gasteiger partial charge in [0, 0.05) is 39.3 Å². The van der Waals surface area contributed by atoms with Crippen LogP contribution in [0.25, 0.3) is 0 Å². The molecule has 0 saturated carbocycles. The molecule has 5 heteroatoms. The molecule has 0 spiro atoms. The molecule has 0 aromatic heterocycles. The zero-order valence-corrected chi connectivity index (χ0v) is 14.4. The van der Waals surface area contributed by atoms with Crippen molar-refractivity contribution < 1.29 is 4.74 Å². The van der Waals surface area contributed by atoms with E-state index in [2.05, 4.69) is 57.8 Å². The van der Waals surface area contributed by atoms with Crippen LogP contribution in [0.2, 0.25) is 0 Å². The molecule has 0 bridgehead atoms. The maximum atomic E-state index is 5.06. The molecule has 0 atom stereocenters. The smallest absolute Gasteiger partial charge is 0.191 e. The fraction of sp³-hybridized carbons (Fsp3) is 0.611. The molecule has 1 aromatic rings. The molecule has 1 saturated heterocycles. The Morgan fingerprint density at radius 3 is 2.65 bits per heavy atom. The zero-order chi connectivity index (χ0) is 16.3. The summed E-state index contributed by atoms with van der Waals surface area (Å²) in [6, 6.07) is 11.2. The Morgan fingerprint density at radius 2 is 2.00 bits per heavy atom. The summed E-state index contributed by atoms with van der Waals surface area (Å²) in [5, 5.41) is 6.87. The van der Waals surface area contributed by atoms with Gasteiger partial charge in [-0.3, -0.25) is 9.89 Å². The highest BCUT2D eigenvalue weighted by Gasteiger charge is 2.19. The fourth-order valence-electron chi connectivity index (χ4n) is 2.84. The summed E-state index contributed by atoms with van der Waals surface area (Å²) in [6.07, 6.45) is 2.31. The van der Waals surface area contributed by atoms with Gasteiger partial charge in [-0.15, -0.1) is 0 Å². The summed E-state index contributed by atoms with van der Waals surface area (Å²) in [4.78, 5) is 7.07. The van der Waals surface area contributed by atoms with E-state index in [9.17, 15) is 0 Å². The summed E-state index contributed by atoms with van der Waals surface area (Å²) in [6.45, 7) is 7.63. The molecule has 2 N–H and O–H groups in total. The average molecular weight is 318 g/mol. The lowest BCUT2D eigenvalue weighted by Gasteiger charge is -2.33. The van der Waals surface area contributed by atoms with Gasteiger partial charge >= 0.3 is 0 Å². The minimum atomic E-state index is 0.502. The number of benzene rings is 1. The minimum absolute atomic E-state index is 0.502. The van der Waals surface area contributed by atoms with E-state index in [1.54, 1.807) is 7.11 Å². The zero-order valence-electron chi connectivity index (χ0n) is 14.4. The summed E-state index contributed by atoms with van der Waals surface area (Å²) < 4.78 is 5.06. The van der Waals surface area contributed by atoms with Crippen molar-refractivity contribution in [3.63, 3.8) is 0 Å². The van der Waals surface area contributed by atoms with Crippen molar-refractivity contribution >= 4 is 5.96 Å². The van der Waals surface area contributed by atoms with Gasteiger partial charge in [-0.05, 0) is 25.3 Å². The van der Waals surface area contributed by atoms with Gasteiger partial charge in [0.05, 0.1) is 13.2 Å². The van der Waals surface area contributed by atoms with E-state index in [0.29, 0.717) is 19.2 Å². The highest BCUT2D eigenvalue weighted by molar-refractivity contribution is 5.80. The van der Waals surface area contributed by atoms with Crippen LogP contribution in [0.4, 0.5) is 0 Å². The monoisotopic (exact) mass is 318 g/mol. The highest BCUT2D eigenvalue weighted by Crippen LogP contribution is 2.13. The Hall–Kier alpha value is -1.59. The van der Waals surface area contributed by atoms with Gasteiger partial charge in [-0.2, -0.15) is 0 Å². The van der Waals surface area contributed by atoms with Crippen LogP contribution in [0.1, 0.15) is 25.3 Å². The molecule has 5 nitrogen and oxygen atoms in total. The molecular weight excluding hydrogens is 288 g/mol. The van der Waals surface area contributed by atoms with Crippen molar-refractivity contribution in [1.29, 1.82) is 0 Å². The van der Waals surface area contributed by atoms with Crippen LogP contribution in [-0.4, -0.2) is 56.8 Å². The molecule has 1 aliphatic heterocycles. The molecule has 1 aromatic carbocycles. The van der Waals surface area contributed by atoms with Crippen molar-refractivity contribution in [1.82, 2.24) is 15.5 Å². The second-order valence-corrected chi connectivity index (χ2v) is 5.93. The second-order valence-electron chi connectivity index (χ2n) is 5.93. The highest BCUT2D eigenvalue weighted by atomic mass is 16.5. The van der Waals surface area contributed by atoms with Gasteiger partial charge in [-0.1, -0.05) is 30.3 Å². The lowest BCUT2D eigenvalue weighted by atomic mass is 10.0. The Balaban J connectivity index is 1.75. The minimum Gasteiger partial charge on any atom is -0.383 e. The van der Waals surface area contributed by atoms with Crippen molar-refractivity contribution in [3.8, 4) is 0 Å². The number of piperidine rings is 1. The third kappa shape index (κ3) is 6.59. The number of nitrogens with zero attached hydrogens (tertiary/aromatic N) is 2. The van der Waals surface area contributed by atoms with Crippen molar-refractivity contribution in [2.45, 2.75) is 32.4 Å². The number of nitrogens with one attached hydrogen (secondary N) is 2. The topological polar surface area (TPSA) is 48.9 Å². The second kappa shape index (κ2) is 10.2. The normalized spacial score (nSPS) is 17.2. The Morgan fingerprint density at radius 1 is 1.26 bits per heavy atom. The SMILES string of the molecule is CCNC(=NCCOC)NC1CCN(Cc2ccccc2)CC1. The maximum Gasteiger partial charge on any atom is 0.191 e. The van der Waals surface area contributed by atoms with Gasteiger partial charge in [0.15, 0.2) is 5.96 Å². The standard InChI is InChI=1S/C18H30N4O/c1-3-19-18(20-11-14-23-2)21-17-9-12-22(13-10-17)15-16-7-5-4-6-8-16/h4-8,17H,3,9-15H2,1-2H3,(H2,19,20,21). The summed E-state index contributed by atoms with van der Waals surface area (Å²) >= 11 is 0. The first-order chi connectivity index (χ1) is 11.3. The van der Waals surface area contributed by atoms with E-state index in [1.165, 1.54) is 5.56 Å². The molecule has 1 heterocycles. The Kier molecular flexibility index (Phi) is 7.90.